The summed E-state index contributed by atoms with van der Waals surface area (Å²) < 4.78 is 9.91. The second kappa shape index (κ2) is 3.49. The molecule has 0 aromatic rings. The lowest BCUT2D eigenvalue weighted by Gasteiger charge is -2.34. The van der Waals surface area contributed by atoms with Crippen LogP contribution in [-0.4, -0.2) is 41.9 Å². The first-order valence-electron chi connectivity index (χ1n) is 3.69. The van der Waals surface area contributed by atoms with Gasteiger partial charge in [0.05, 0.1) is 12.2 Å². The summed E-state index contributed by atoms with van der Waals surface area (Å²) in [5, 5.41) is 18.5. The summed E-state index contributed by atoms with van der Waals surface area (Å²) in [6.07, 6.45) is -1.78. The molecule has 0 amide bonds. The molecule has 0 aliphatic carbocycles. The van der Waals surface area contributed by atoms with Gasteiger partial charge in [0.25, 0.3) is 0 Å². The van der Waals surface area contributed by atoms with E-state index in [-0.39, 0.29) is 12.2 Å². The summed E-state index contributed by atoms with van der Waals surface area (Å²) in [4.78, 5) is 0. The highest BCUT2D eigenvalue weighted by atomic mass is 16.6. The number of hydrogen-bond acceptors (Lipinski definition) is 4. The van der Waals surface area contributed by atoms with Crippen molar-refractivity contribution < 1.29 is 19.7 Å². The molecule has 4 nitrogen and oxygen atoms in total. The maximum Gasteiger partial charge on any atom is 0.157 e. The molecule has 0 aromatic heterocycles. The first kappa shape index (κ1) is 8.93. The van der Waals surface area contributed by atoms with Crippen molar-refractivity contribution in [2.24, 2.45) is 0 Å². The lowest BCUT2D eigenvalue weighted by atomic mass is 10.0. The highest BCUT2D eigenvalue weighted by molar-refractivity contribution is 4.80. The van der Waals surface area contributed by atoms with Gasteiger partial charge in [-0.1, -0.05) is 0 Å². The summed E-state index contributed by atoms with van der Waals surface area (Å²) in [6, 6.07) is 0. The minimum Gasteiger partial charge on any atom is -0.388 e. The van der Waals surface area contributed by atoms with E-state index in [1.807, 2.05) is 0 Å². The molecule has 4 atom stereocenters. The molecule has 0 bridgehead atoms. The molecule has 1 aliphatic heterocycles. The molecule has 0 aromatic carbocycles. The van der Waals surface area contributed by atoms with Crippen molar-refractivity contribution in [2.75, 3.05) is 7.11 Å². The Morgan fingerprint density at radius 2 is 2.09 bits per heavy atom. The van der Waals surface area contributed by atoms with Crippen LogP contribution in [0.5, 0.6) is 0 Å². The number of hydrogen-bond donors (Lipinski definition) is 2. The summed E-state index contributed by atoms with van der Waals surface area (Å²) >= 11 is 0. The predicted molar refractivity (Wildman–Crippen MR) is 38.0 cm³/mol. The summed E-state index contributed by atoms with van der Waals surface area (Å²) in [5.74, 6) is 0. The zero-order chi connectivity index (χ0) is 8.43. The lowest BCUT2D eigenvalue weighted by molar-refractivity contribution is -0.231. The van der Waals surface area contributed by atoms with E-state index in [0.29, 0.717) is 6.42 Å². The maximum absolute atomic E-state index is 9.39. The van der Waals surface area contributed by atoms with Crippen molar-refractivity contribution in [3.05, 3.63) is 0 Å². The average Bonchev–Trinajstić information content (AvgIpc) is 1.96. The molecule has 1 saturated heterocycles. The highest BCUT2D eigenvalue weighted by Gasteiger charge is 2.34. The average molecular weight is 162 g/mol. The van der Waals surface area contributed by atoms with Gasteiger partial charge in [-0.3, -0.25) is 0 Å². The number of aliphatic hydroxyl groups is 2. The van der Waals surface area contributed by atoms with E-state index in [0.717, 1.165) is 0 Å². The zero-order valence-electron chi connectivity index (χ0n) is 6.73. The van der Waals surface area contributed by atoms with Crippen LogP contribution in [-0.2, 0) is 9.47 Å². The van der Waals surface area contributed by atoms with Crippen LogP contribution in [0.15, 0.2) is 0 Å². The van der Waals surface area contributed by atoms with Gasteiger partial charge >= 0.3 is 0 Å². The van der Waals surface area contributed by atoms with E-state index in [2.05, 4.69) is 0 Å². The Morgan fingerprint density at radius 1 is 1.45 bits per heavy atom. The molecule has 0 spiro atoms. The normalized spacial score (nSPS) is 45.8. The van der Waals surface area contributed by atoms with Crippen molar-refractivity contribution in [1.29, 1.82) is 0 Å². The fourth-order valence-corrected chi connectivity index (χ4v) is 1.26. The molecule has 0 radical (unpaired) electrons. The number of methoxy groups -OCH3 is 1. The van der Waals surface area contributed by atoms with E-state index in [1.54, 1.807) is 6.92 Å². The number of aliphatic hydroxyl groups excluding tert-OH is 2. The van der Waals surface area contributed by atoms with Crippen molar-refractivity contribution >= 4 is 0 Å². The molecule has 66 valence electrons. The second-order valence-corrected chi connectivity index (χ2v) is 2.80. The van der Waals surface area contributed by atoms with Gasteiger partial charge in [0.15, 0.2) is 6.29 Å². The zero-order valence-corrected chi connectivity index (χ0v) is 6.73. The molecule has 1 unspecified atom stereocenters. The van der Waals surface area contributed by atoms with Crippen LogP contribution in [0.3, 0.4) is 0 Å². The minimum atomic E-state index is -0.807. The molecule has 1 heterocycles. The van der Waals surface area contributed by atoms with Crippen LogP contribution in [0.4, 0.5) is 0 Å². The van der Waals surface area contributed by atoms with Gasteiger partial charge in [-0.05, 0) is 6.92 Å². The standard InChI is InChI=1S/C7H14O4/c1-4-7(9)5(10-2)3-6(8)11-4/h4-9H,3H2,1-2H3/t4-,5-,6?,7+/m0/s1. The summed E-state index contributed by atoms with van der Waals surface area (Å²) in [5.41, 5.74) is 0. The molecule has 1 rings (SSSR count). The highest BCUT2D eigenvalue weighted by Crippen LogP contribution is 2.20. The van der Waals surface area contributed by atoms with Crippen molar-refractivity contribution in [3.8, 4) is 0 Å². The SMILES string of the molecule is CO[C@H]1CC(O)O[C@@H](C)[C@H]1O. The Bertz CT molecular complexity index is 128. The minimum absolute atomic E-state index is 0.311. The summed E-state index contributed by atoms with van der Waals surface area (Å²) in [7, 11) is 1.51. The van der Waals surface area contributed by atoms with Gasteiger partial charge in [-0.25, -0.2) is 0 Å². The van der Waals surface area contributed by atoms with Crippen LogP contribution >= 0.6 is 0 Å². The monoisotopic (exact) mass is 162 g/mol. The van der Waals surface area contributed by atoms with E-state index in [1.165, 1.54) is 7.11 Å². The smallest absolute Gasteiger partial charge is 0.157 e. The number of ether oxygens (including phenoxy) is 2. The van der Waals surface area contributed by atoms with Gasteiger partial charge in [0, 0.05) is 13.5 Å². The van der Waals surface area contributed by atoms with Gasteiger partial charge in [-0.2, -0.15) is 0 Å². The third-order valence-electron chi connectivity index (χ3n) is 1.97. The van der Waals surface area contributed by atoms with Gasteiger partial charge in [-0.15, -0.1) is 0 Å². The van der Waals surface area contributed by atoms with E-state index >= 15 is 0 Å². The molecule has 4 heteroatoms. The Morgan fingerprint density at radius 3 is 2.64 bits per heavy atom. The van der Waals surface area contributed by atoms with Crippen molar-refractivity contribution in [2.45, 2.75) is 37.9 Å². The number of rotatable bonds is 1. The van der Waals surface area contributed by atoms with Crippen LogP contribution in [0.2, 0.25) is 0 Å². The first-order valence-corrected chi connectivity index (χ1v) is 3.69. The van der Waals surface area contributed by atoms with E-state index < -0.39 is 12.4 Å². The van der Waals surface area contributed by atoms with E-state index in [4.69, 9.17) is 14.6 Å². The Hall–Kier alpha value is -0.160. The molecular weight excluding hydrogens is 148 g/mol. The van der Waals surface area contributed by atoms with Crippen molar-refractivity contribution in [1.82, 2.24) is 0 Å². The Kier molecular flexibility index (Phi) is 2.84. The first-order chi connectivity index (χ1) is 5.15. The predicted octanol–water partition coefficient (Wildman–Crippen LogP) is -0.510. The Balaban J connectivity index is 2.51. The summed E-state index contributed by atoms with van der Waals surface area (Å²) in [6.45, 7) is 1.71. The van der Waals surface area contributed by atoms with Crippen LogP contribution in [0.25, 0.3) is 0 Å². The fraction of sp³-hybridized carbons (Fsp3) is 1.00. The van der Waals surface area contributed by atoms with E-state index in [9.17, 15) is 5.11 Å². The largest absolute Gasteiger partial charge is 0.388 e. The molecule has 1 fully saturated rings. The fourth-order valence-electron chi connectivity index (χ4n) is 1.26. The second-order valence-electron chi connectivity index (χ2n) is 2.80. The molecule has 0 saturated carbocycles. The van der Waals surface area contributed by atoms with Crippen LogP contribution in [0.1, 0.15) is 13.3 Å². The molecule has 2 N–H and O–H groups in total. The molecule has 11 heavy (non-hydrogen) atoms. The maximum atomic E-state index is 9.39. The van der Waals surface area contributed by atoms with Crippen LogP contribution in [0, 0.1) is 0 Å². The molecular formula is C7H14O4. The third kappa shape index (κ3) is 1.90. The topological polar surface area (TPSA) is 58.9 Å². The van der Waals surface area contributed by atoms with Gasteiger partial charge in [0.1, 0.15) is 6.10 Å². The third-order valence-corrected chi connectivity index (χ3v) is 1.97. The quantitative estimate of drug-likeness (QED) is 0.545. The molecule has 1 aliphatic rings. The van der Waals surface area contributed by atoms with Gasteiger partial charge < -0.3 is 19.7 Å². The van der Waals surface area contributed by atoms with Gasteiger partial charge in [0.2, 0.25) is 0 Å². The van der Waals surface area contributed by atoms with Crippen molar-refractivity contribution in [3.63, 3.8) is 0 Å². The lowest BCUT2D eigenvalue weighted by Crippen LogP contribution is -2.47. The van der Waals surface area contributed by atoms with Crippen LogP contribution < -0.4 is 0 Å². The Labute approximate surface area is 65.7 Å².